The SMILES string of the molecule is Cc1onc(-c2ccc(F)cc2)c1C(=O)Nc1cccc(C(=O)NC2CC2)c1. The van der Waals surface area contributed by atoms with Gasteiger partial charge >= 0.3 is 0 Å². The fourth-order valence-electron chi connectivity index (χ4n) is 2.87. The quantitative estimate of drug-likeness (QED) is 0.703. The topological polar surface area (TPSA) is 84.2 Å². The minimum Gasteiger partial charge on any atom is -0.360 e. The number of aromatic nitrogens is 1. The van der Waals surface area contributed by atoms with Gasteiger partial charge in [0, 0.05) is 22.9 Å². The molecule has 142 valence electrons. The van der Waals surface area contributed by atoms with E-state index in [4.69, 9.17) is 4.52 Å². The Kier molecular flexibility index (Phi) is 4.65. The van der Waals surface area contributed by atoms with Gasteiger partial charge in [0.05, 0.1) is 0 Å². The van der Waals surface area contributed by atoms with Crippen LogP contribution in [0.5, 0.6) is 0 Å². The standard InChI is InChI=1S/C21H18FN3O3/c1-12-18(19(25-28-12)13-5-7-15(22)8-6-13)21(27)24-17-4-2-3-14(11-17)20(26)23-16-9-10-16/h2-8,11,16H,9-10H2,1H3,(H,23,26)(H,24,27). The van der Waals surface area contributed by atoms with Crippen LogP contribution in [0.2, 0.25) is 0 Å². The zero-order valence-corrected chi connectivity index (χ0v) is 15.2. The zero-order chi connectivity index (χ0) is 19.7. The number of hydrogen-bond acceptors (Lipinski definition) is 4. The van der Waals surface area contributed by atoms with Gasteiger partial charge in [0.2, 0.25) is 0 Å². The molecule has 6 nitrogen and oxygen atoms in total. The molecule has 0 bridgehead atoms. The molecule has 1 saturated carbocycles. The lowest BCUT2D eigenvalue weighted by atomic mass is 10.1. The Morgan fingerprint density at radius 2 is 1.86 bits per heavy atom. The van der Waals surface area contributed by atoms with Gasteiger partial charge in [-0.25, -0.2) is 4.39 Å². The number of anilines is 1. The van der Waals surface area contributed by atoms with Crippen LogP contribution in [-0.2, 0) is 0 Å². The molecule has 0 saturated heterocycles. The summed E-state index contributed by atoms with van der Waals surface area (Å²) in [6.07, 6.45) is 2.00. The molecule has 1 aromatic heterocycles. The number of amides is 2. The van der Waals surface area contributed by atoms with Crippen molar-refractivity contribution in [2.24, 2.45) is 0 Å². The van der Waals surface area contributed by atoms with Crippen LogP contribution in [0.25, 0.3) is 11.3 Å². The average Bonchev–Trinajstić information content (AvgIpc) is 3.41. The van der Waals surface area contributed by atoms with E-state index in [0.717, 1.165) is 12.8 Å². The maximum Gasteiger partial charge on any atom is 0.261 e. The average molecular weight is 379 g/mol. The molecule has 2 amide bonds. The number of halogens is 1. The van der Waals surface area contributed by atoms with Crippen molar-refractivity contribution < 1.29 is 18.5 Å². The van der Waals surface area contributed by atoms with Crippen LogP contribution in [0, 0.1) is 12.7 Å². The third kappa shape index (κ3) is 3.78. The summed E-state index contributed by atoms with van der Waals surface area (Å²) in [7, 11) is 0. The molecule has 7 heteroatoms. The summed E-state index contributed by atoms with van der Waals surface area (Å²) < 4.78 is 18.4. The number of aryl methyl sites for hydroxylation is 1. The Hall–Kier alpha value is -3.48. The van der Waals surface area contributed by atoms with Crippen LogP contribution in [0.15, 0.2) is 53.1 Å². The second kappa shape index (κ2) is 7.26. The number of nitrogens with one attached hydrogen (secondary N) is 2. The second-order valence-corrected chi connectivity index (χ2v) is 6.75. The Morgan fingerprint density at radius 1 is 1.11 bits per heavy atom. The van der Waals surface area contributed by atoms with Crippen molar-refractivity contribution in [1.82, 2.24) is 10.5 Å². The maximum absolute atomic E-state index is 13.2. The third-order valence-electron chi connectivity index (χ3n) is 4.50. The summed E-state index contributed by atoms with van der Waals surface area (Å²) in [5.74, 6) is -0.611. The fraction of sp³-hybridized carbons (Fsp3) is 0.190. The van der Waals surface area contributed by atoms with Crippen molar-refractivity contribution in [2.45, 2.75) is 25.8 Å². The van der Waals surface area contributed by atoms with Gasteiger partial charge in [-0.3, -0.25) is 9.59 Å². The molecular weight excluding hydrogens is 361 g/mol. The Balaban J connectivity index is 1.56. The number of benzene rings is 2. The summed E-state index contributed by atoms with van der Waals surface area (Å²) >= 11 is 0. The van der Waals surface area contributed by atoms with Crippen molar-refractivity contribution in [3.8, 4) is 11.3 Å². The van der Waals surface area contributed by atoms with E-state index in [1.807, 2.05) is 0 Å². The Labute approximate surface area is 160 Å². The summed E-state index contributed by atoms with van der Waals surface area (Å²) in [4.78, 5) is 25.0. The Bertz CT molecular complexity index is 1040. The smallest absolute Gasteiger partial charge is 0.261 e. The lowest BCUT2D eigenvalue weighted by Crippen LogP contribution is -2.25. The van der Waals surface area contributed by atoms with Crippen LogP contribution in [0.3, 0.4) is 0 Å². The summed E-state index contributed by atoms with van der Waals surface area (Å²) in [5.41, 5.74) is 2.13. The minimum atomic E-state index is -0.419. The summed E-state index contributed by atoms with van der Waals surface area (Å²) in [6, 6.07) is 12.6. The highest BCUT2D eigenvalue weighted by Gasteiger charge is 2.24. The van der Waals surface area contributed by atoms with Gasteiger partial charge in [-0.05, 0) is 62.2 Å². The molecule has 1 fully saturated rings. The van der Waals surface area contributed by atoms with Crippen LogP contribution in [0.1, 0.15) is 39.3 Å². The number of hydrogen-bond donors (Lipinski definition) is 2. The van der Waals surface area contributed by atoms with Gasteiger partial charge in [-0.2, -0.15) is 0 Å². The van der Waals surface area contributed by atoms with E-state index in [2.05, 4.69) is 15.8 Å². The minimum absolute atomic E-state index is 0.160. The molecule has 1 aliphatic carbocycles. The first-order chi connectivity index (χ1) is 13.5. The molecule has 2 N–H and O–H groups in total. The molecule has 4 rings (SSSR count). The normalized spacial score (nSPS) is 13.2. The van der Waals surface area contributed by atoms with Crippen LogP contribution < -0.4 is 10.6 Å². The van der Waals surface area contributed by atoms with Gasteiger partial charge in [0.25, 0.3) is 11.8 Å². The molecule has 0 unspecified atom stereocenters. The van der Waals surface area contributed by atoms with Crippen molar-refractivity contribution in [3.63, 3.8) is 0 Å². The van der Waals surface area contributed by atoms with Gasteiger partial charge < -0.3 is 15.2 Å². The lowest BCUT2D eigenvalue weighted by molar-refractivity contribution is 0.0949. The molecule has 0 spiro atoms. The highest BCUT2D eigenvalue weighted by Crippen LogP contribution is 2.26. The van der Waals surface area contributed by atoms with E-state index in [1.165, 1.54) is 24.3 Å². The Morgan fingerprint density at radius 3 is 2.57 bits per heavy atom. The highest BCUT2D eigenvalue weighted by atomic mass is 19.1. The highest BCUT2D eigenvalue weighted by molar-refractivity contribution is 6.09. The number of nitrogens with zero attached hydrogens (tertiary/aromatic N) is 1. The number of carbonyl (C=O) groups is 2. The molecule has 2 aromatic carbocycles. The maximum atomic E-state index is 13.2. The number of carbonyl (C=O) groups excluding carboxylic acids is 2. The van der Waals surface area contributed by atoms with Crippen molar-refractivity contribution in [1.29, 1.82) is 0 Å². The summed E-state index contributed by atoms with van der Waals surface area (Å²) in [6.45, 7) is 1.63. The lowest BCUT2D eigenvalue weighted by Gasteiger charge is -2.08. The molecule has 3 aromatic rings. The van der Waals surface area contributed by atoms with E-state index in [0.29, 0.717) is 28.3 Å². The first kappa shape index (κ1) is 17.9. The van der Waals surface area contributed by atoms with Crippen LogP contribution in [-0.4, -0.2) is 23.0 Å². The van der Waals surface area contributed by atoms with Gasteiger partial charge in [-0.1, -0.05) is 11.2 Å². The molecular formula is C21H18FN3O3. The molecule has 0 atom stereocenters. The van der Waals surface area contributed by atoms with E-state index in [1.54, 1.807) is 31.2 Å². The van der Waals surface area contributed by atoms with Gasteiger partial charge in [0.1, 0.15) is 22.8 Å². The second-order valence-electron chi connectivity index (χ2n) is 6.75. The molecule has 1 heterocycles. The first-order valence-corrected chi connectivity index (χ1v) is 8.96. The van der Waals surface area contributed by atoms with E-state index in [9.17, 15) is 14.0 Å². The monoisotopic (exact) mass is 379 g/mol. The molecule has 0 aliphatic heterocycles. The predicted octanol–water partition coefficient (Wildman–Crippen LogP) is 3.93. The first-order valence-electron chi connectivity index (χ1n) is 8.96. The van der Waals surface area contributed by atoms with Crippen molar-refractivity contribution >= 4 is 17.5 Å². The van der Waals surface area contributed by atoms with Crippen LogP contribution in [0.4, 0.5) is 10.1 Å². The molecule has 0 radical (unpaired) electrons. The van der Waals surface area contributed by atoms with Gasteiger partial charge in [-0.15, -0.1) is 0 Å². The third-order valence-corrected chi connectivity index (χ3v) is 4.50. The number of rotatable bonds is 5. The van der Waals surface area contributed by atoms with E-state index < -0.39 is 5.91 Å². The largest absolute Gasteiger partial charge is 0.360 e. The van der Waals surface area contributed by atoms with E-state index in [-0.39, 0.29) is 23.3 Å². The summed E-state index contributed by atoms with van der Waals surface area (Å²) in [5, 5.41) is 9.63. The van der Waals surface area contributed by atoms with E-state index >= 15 is 0 Å². The fourth-order valence-corrected chi connectivity index (χ4v) is 2.87. The predicted molar refractivity (Wildman–Crippen MR) is 102 cm³/mol. The zero-order valence-electron chi connectivity index (χ0n) is 15.2. The van der Waals surface area contributed by atoms with Crippen LogP contribution >= 0.6 is 0 Å². The van der Waals surface area contributed by atoms with Crippen molar-refractivity contribution in [3.05, 3.63) is 71.2 Å². The molecule has 28 heavy (non-hydrogen) atoms. The van der Waals surface area contributed by atoms with Crippen molar-refractivity contribution in [2.75, 3.05) is 5.32 Å². The van der Waals surface area contributed by atoms with Gasteiger partial charge in [0.15, 0.2) is 0 Å². The molecule has 1 aliphatic rings.